The summed E-state index contributed by atoms with van der Waals surface area (Å²) in [7, 11) is -1.78. The molecule has 1 unspecified atom stereocenters. The van der Waals surface area contributed by atoms with Crippen LogP contribution in [0.2, 0.25) is 0 Å². The summed E-state index contributed by atoms with van der Waals surface area (Å²) in [6, 6.07) is 12.4. The number of amides is 1. The largest absolute Gasteiger partial charge is 0.356 e. The predicted octanol–water partition coefficient (Wildman–Crippen LogP) is 2.62. The molecular formula is C20H22FN3O3S. The SMILES string of the molecule is CC(CC(=O)NCCc1nc2ccccc2n1C)S(=O)(=O)c1ccc(F)cc1. The number of nitrogens with zero attached hydrogens (tertiary/aromatic N) is 2. The smallest absolute Gasteiger partial charge is 0.221 e. The van der Waals surface area contributed by atoms with Crippen LogP contribution in [0.1, 0.15) is 19.2 Å². The fourth-order valence-electron chi connectivity index (χ4n) is 3.03. The molecule has 0 aliphatic rings. The number of carbonyl (C=O) groups excluding carboxylic acids is 1. The Kier molecular flexibility index (Phi) is 5.79. The number of carbonyl (C=O) groups is 1. The highest BCUT2D eigenvalue weighted by atomic mass is 32.2. The van der Waals surface area contributed by atoms with Gasteiger partial charge in [-0.2, -0.15) is 0 Å². The third-order valence-corrected chi connectivity index (χ3v) is 6.85. The Balaban J connectivity index is 1.56. The summed E-state index contributed by atoms with van der Waals surface area (Å²) < 4.78 is 40.0. The quantitative estimate of drug-likeness (QED) is 0.615. The Morgan fingerprint density at radius 1 is 1.18 bits per heavy atom. The number of aromatic nitrogens is 2. The van der Waals surface area contributed by atoms with Gasteiger partial charge in [-0.15, -0.1) is 0 Å². The summed E-state index contributed by atoms with van der Waals surface area (Å²) in [6.07, 6.45) is 0.373. The van der Waals surface area contributed by atoms with Crippen LogP contribution in [0.15, 0.2) is 53.4 Å². The molecule has 1 amide bonds. The number of imidazole rings is 1. The van der Waals surface area contributed by atoms with Crippen molar-refractivity contribution in [2.24, 2.45) is 7.05 Å². The molecule has 0 aliphatic heterocycles. The summed E-state index contributed by atoms with van der Waals surface area (Å²) in [4.78, 5) is 16.7. The maximum absolute atomic E-state index is 13.0. The first kappa shape index (κ1) is 20.0. The van der Waals surface area contributed by atoms with Gasteiger partial charge in [-0.3, -0.25) is 4.79 Å². The number of hydrogen-bond acceptors (Lipinski definition) is 4. The summed E-state index contributed by atoms with van der Waals surface area (Å²) in [5, 5.41) is 1.84. The van der Waals surface area contributed by atoms with E-state index in [1.165, 1.54) is 19.1 Å². The maximum Gasteiger partial charge on any atom is 0.221 e. The monoisotopic (exact) mass is 403 g/mol. The molecule has 0 saturated carbocycles. The van der Waals surface area contributed by atoms with Crippen LogP contribution in [0, 0.1) is 5.82 Å². The highest BCUT2D eigenvalue weighted by Crippen LogP contribution is 2.19. The van der Waals surface area contributed by atoms with Crippen LogP contribution in [-0.2, 0) is 28.1 Å². The van der Waals surface area contributed by atoms with Gasteiger partial charge in [-0.25, -0.2) is 17.8 Å². The van der Waals surface area contributed by atoms with E-state index >= 15 is 0 Å². The lowest BCUT2D eigenvalue weighted by Gasteiger charge is -2.13. The normalized spacial score (nSPS) is 12.8. The van der Waals surface area contributed by atoms with Gasteiger partial charge in [-0.05, 0) is 43.3 Å². The van der Waals surface area contributed by atoms with Gasteiger partial charge in [0.15, 0.2) is 9.84 Å². The average Bonchev–Trinajstić information content (AvgIpc) is 2.98. The molecule has 148 valence electrons. The summed E-state index contributed by atoms with van der Waals surface area (Å²) >= 11 is 0. The van der Waals surface area contributed by atoms with Crippen LogP contribution in [-0.4, -0.2) is 35.7 Å². The molecule has 1 heterocycles. The van der Waals surface area contributed by atoms with Crippen LogP contribution in [0.4, 0.5) is 4.39 Å². The van der Waals surface area contributed by atoms with Crippen LogP contribution < -0.4 is 5.32 Å². The van der Waals surface area contributed by atoms with Crippen LogP contribution >= 0.6 is 0 Å². The molecule has 0 spiro atoms. The molecule has 0 bridgehead atoms. The minimum absolute atomic E-state index is 0.00824. The number of fused-ring (bicyclic) bond motifs is 1. The lowest BCUT2D eigenvalue weighted by atomic mass is 10.3. The Morgan fingerprint density at radius 3 is 2.54 bits per heavy atom. The first-order chi connectivity index (χ1) is 13.3. The molecule has 0 radical (unpaired) electrons. The van der Waals surface area contributed by atoms with E-state index in [0.717, 1.165) is 29.0 Å². The molecule has 1 aromatic heterocycles. The zero-order valence-electron chi connectivity index (χ0n) is 15.7. The first-order valence-corrected chi connectivity index (χ1v) is 10.5. The van der Waals surface area contributed by atoms with Gasteiger partial charge in [-0.1, -0.05) is 12.1 Å². The lowest BCUT2D eigenvalue weighted by molar-refractivity contribution is -0.121. The van der Waals surface area contributed by atoms with Gasteiger partial charge in [0.25, 0.3) is 0 Å². The Bertz CT molecular complexity index is 1090. The van der Waals surface area contributed by atoms with Gasteiger partial charge >= 0.3 is 0 Å². The van der Waals surface area contributed by atoms with E-state index < -0.39 is 20.9 Å². The Labute approximate surface area is 163 Å². The number of aryl methyl sites for hydroxylation is 1. The Morgan fingerprint density at radius 2 is 1.86 bits per heavy atom. The number of hydrogen-bond donors (Lipinski definition) is 1. The van der Waals surface area contributed by atoms with E-state index in [0.29, 0.717) is 13.0 Å². The molecule has 8 heteroatoms. The van der Waals surface area contributed by atoms with E-state index in [9.17, 15) is 17.6 Å². The highest BCUT2D eigenvalue weighted by molar-refractivity contribution is 7.92. The van der Waals surface area contributed by atoms with Gasteiger partial charge in [0, 0.05) is 26.4 Å². The molecular weight excluding hydrogens is 381 g/mol. The van der Waals surface area contributed by atoms with Crippen molar-refractivity contribution >= 4 is 26.8 Å². The number of benzene rings is 2. The maximum atomic E-state index is 13.0. The van der Waals surface area contributed by atoms with Crippen molar-refractivity contribution < 1.29 is 17.6 Å². The van der Waals surface area contributed by atoms with Crippen molar-refractivity contribution in [2.45, 2.75) is 29.9 Å². The van der Waals surface area contributed by atoms with Crippen molar-refractivity contribution in [3.8, 4) is 0 Å². The lowest BCUT2D eigenvalue weighted by Crippen LogP contribution is -2.31. The molecule has 1 N–H and O–H groups in total. The summed E-state index contributed by atoms with van der Waals surface area (Å²) in [6.45, 7) is 1.84. The topological polar surface area (TPSA) is 81.1 Å². The van der Waals surface area contributed by atoms with Crippen molar-refractivity contribution in [3.63, 3.8) is 0 Å². The molecule has 3 rings (SSSR count). The number of nitrogens with one attached hydrogen (secondary N) is 1. The first-order valence-electron chi connectivity index (χ1n) is 8.95. The molecule has 2 aromatic carbocycles. The molecule has 1 atom stereocenters. The predicted molar refractivity (Wildman–Crippen MR) is 105 cm³/mol. The van der Waals surface area contributed by atoms with E-state index in [1.54, 1.807) is 0 Å². The summed E-state index contributed by atoms with van der Waals surface area (Å²) in [5.74, 6) is -0.0169. The second-order valence-electron chi connectivity index (χ2n) is 6.69. The molecule has 28 heavy (non-hydrogen) atoms. The molecule has 6 nitrogen and oxygen atoms in total. The van der Waals surface area contributed by atoms with Crippen molar-refractivity contribution in [3.05, 3.63) is 60.2 Å². The molecule has 0 fully saturated rings. The summed E-state index contributed by atoms with van der Waals surface area (Å²) in [5.41, 5.74) is 1.91. The zero-order valence-corrected chi connectivity index (χ0v) is 16.5. The van der Waals surface area contributed by atoms with Crippen molar-refractivity contribution in [2.75, 3.05) is 6.54 Å². The molecule has 3 aromatic rings. The fourth-order valence-corrected chi connectivity index (χ4v) is 4.38. The molecule has 0 saturated heterocycles. The van der Waals surface area contributed by atoms with E-state index in [1.807, 2.05) is 35.9 Å². The zero-order chi connectivity index (χ0) is 20.3. The van der Waals surface area contributed by atoms with Crippen molar-refractivity contribution in [1.82, 2.24) is 14.9 Å². The van der Waals surface area contributed by atoms with Crippen molar-refractivity contribution in [1.29, 1.82) is 0 Å². The van der Waals surface area contributed by atoms with Crippen LogP contribution in [0.3, 0.4) is 0 Å². The second kappa shape index (κ2) is 8.10. The van der Waals surface area contributed by atoms with Gasteiger partial charge in [0.05, 0.1) is 21.2 Å². The standard InChI is InChI=1S/C20H22FN3O3S/c1-14(28(26,27)16-9-7-15(21)8-10-16)13-20(25)22-12-11-19-23-17-5-3-4-6-18(17)24(19)2/h3-10,14H,11-13H2,1-2H3,(H,22,25). The average molecular weight is 403 g/mol. The second-order valence-corrected chi connectivity index (χ2v) is 9.06. The third kappa shape index (κ3) is 4.22. The van der Waals surface area contributed by atoms with Crippen LogP contribution in [0.5, 0.6) is 0 Å². The van der Waals surface area contributed by atoms with Gasteiger partial charge in [0.1, 0.15) is 11.6 Å². The fraction of sp³-hybridized carbons (Fsp3) is 0.300. The number of halogens is 1. The van der Waals surface area contributed by atoms with E-state index in [2.05, 4.69) is 10.3 Å². The number of para-hydroxylation sites is 2. The highest BCUT2D eigenvalue weighted by Gasteiger charge is 2.25. The number of rotatable bonds is 7. The minimum atomic E-state index is -3.70. The Hall–Kier alpha value is -2.74. The van der Waals surface area contributed by atoms with E-state index in [4.69, 9.17) is 0 Å². The number of sulfone groups is 1. The van der Waals surface area contributed by atoms with Gasteiger partial charge < -0.3 is 9.88 Å². The van der Waals surface area contributed by atoms with E-state index in [-0.39, 0.29) is 17.2 Å². The molecule has 0 aliphatic carbocycles. The van der Waals surface area contributed by atoms with Crippen LogP contribution in [0.25, 0.3) is 11.0 Å². The third-order valence-electron chi connectivity index (χ3n) is 4.70. The minimum Gasteiger partial charge on any atom is -0.356 e. The van der Waals surface area contributed by atoms with Gasteiger partial charge in [0.2, 0.25) is 5.91 Å².